The van der Waals surface area contributed by atoms with Crippen LogP contribution in [0.3, 0.4) is 0 Å². The van der Waals surface area contributed by atoms with Crippen molar-refractivity contribution in [3.8, 4) is 0 Å². The van der Waals surface area contributed by atoms with E-state index in [1.54, 1.807) is 36.4 Å². The Morgan fingerprint density at radius 3 is 2.57 bits per heavy atom. The molecule has 0 unspecified atom stereocenters. The van der Waals surface area contributed by atoms with Gasteiger partial charge in [-0.15, -0.1) is 0 Å². The summed E-state index contributed by atoms with van der Waals surface area (Å²) < 4.78 is 30.8. The summed E-state index contributed by atoms with van der Waals surface area (Å²) in [7, 11) is -3.41. The van der Waals surface area contributed by atoms with Gasteiger partial charge in [0.05, 0.1) is 15.7 Å². The number of cyclic esters (lactones) is 1. The highest BCUT2D eigenvalue weighted by Gasteiger charge is 2.32. The predicted molar refractivity (Wildman–Crippen MR) is 104 cm³/mol. The zero-order chi connectivity index (χ0) is 19.7. The van der Waals surface area contributed by atoms with Crippen LogP contribution in [0.15, 0.2) is 53.4 Å². The molecule has 6 nitrogen and oxygen atoms in total. The third-order valence-corrected chi connectivity index (χ3v) is 7.62. The Bertz CT molecular complexity index is 1020. The number of sulfone groups is 1. The van der Waals surface area contributed by atoms with Crippen molar-refractivity contribution in [2.24, 2.45) is 0 Å². The fraction of sp³-hybridized carbons (Fsp3) is 0.333. The summed E-state index contributed by atoms with van der Waals surface area (Å²) in [6.45, 7) is 0. The summed E-state index contributed by atoms with van der Waals surface area (Å²) in [6.07, 6.45) is 2.54. The fourth-order valence-electron chi connectivity index (χ4n) is 3.84. The number of ether oxygens (including phenoxy) is 1. The van der Waals surface area contributed by atoms with Crippen molar-refractivity contribution >= 4 is 27.4 Å². The lowest BCUT2D eigenvalue weighted by Crippen LogP contribution is -2.38. The molecule has 4 rings (SSSR count). The van der Waals surface area contributed by atoms with Crippen molar-refractivity contribution in [3.05, 3.63) is 59.7 Å². The van der Waals surface area contributed by atoms with E-state index >= 15 is 0 Å². The van der Waals surface area contributed by atoms with Gasteiger partial charge in [-0.05, 0) is 42.7 Å². The van der Waals surface area contributed by atoms with Crippen LogP contribution in [0, 0.1) is 0 Å². The van der Waals surface area contributed by atoms with Crippen LogP contribution in [-0.2, 0) is 25.8 Å². The minimum Gasteiger partial charge on any atom is -0.448 e. The average molecular weight is 399 g/mol. The number of fused-ring (bicyclic) bond motifs is 1. The summed E-state index contributed by atoms with van der Waals surface area (Å²) >= 11 is 0. The van der Waals surface area contributed by atoms with Crippen LogP contribution < -0.4 is 5.32 Å². The second-order valence-corrected chi connectivity index (χ2v) is 9.45. The van der Waals surface area contributed by atoms with Gasteiger partial charge in [-0.1, -0.05) is 37.1 Å². The van der Waals surface area contributed by atoms with Gasteiger partial charge in [0, 0.05) is 12.1 Å². The number of anilines is 1. The third-order valence-electron chi connectivity index (χ3n) is 5.36. The molecule has 7 heteroatoms. The minimum atomic E-state index is -3.41. The highest BCUT2D eigenvalue weighted by molar-refractivity contribution is 7.92. The van der Waals surface area contributed by atoms with Gasteiger partial charge in [0.1, 0.15) is 0 Å². The molecule has 2 aromatic carbocycles. The van der Waals surface area contributed by atoms with Gasteiger partial charge in [0.15, 0.2) is 15.9 Å². The van der Waals surface area contributed by atoms with Crippen molar-refractivity contribution in [2.45, 2.75) is 48.4 Å². The van der Waals surface area contributed by atoms with Crippen LogP contribution in [0.4, 0.5) is 5.69 Å². The minimum absolute atomic E-state index is 0.211. The maximum atomic E-state index is 12.8. The first-order chi connectivity index (χ1) is 13.4. The van der Waals surface area contributed by atoms with Gasteiger partial charge in [-0.2, -0.15) is 0 Å². The Kier molecular flexibility index (Phi) is 4.93. The molecule has 1 atom stereocenters. The number of hydrogen-bond acceptors (Lipinski definition) is 5. The van der Waals surface area contributed by atoms with Gasteiger partial charge >= 0.3 is 5.97 Å². The Balaban J connectivity index is 1.51. The van der Waals surface area contributed by atoms with Gasteiger partial charge in [-0.25, -0.2) is 13.2 Å². The molecule has 1 amide bonds. The van der Waals surface area contributed by atoms with Crippen LogP contribution in [0.1, 0.15) is 41.6 Å². The van der Waals surface area contributed by atoms with Gasteiger partial charge in [-0.3, -0.25) is 4.79 Å². The molecule has 1 aliphatic carbocycles. The first-order valence-corrected chi connectivity index (χ1v) is 10.9. The Morgan fingerprint density at radius 2 is 1.79 bits per heavy atom. The molecule has 0 radical (unpaired) electrons. The third kappa shape index (κ3) is 3.54. The summed E-state index contributed by atoms with van der Waals surface area (Å²) in [5.41, 5.74) is 1.60. The molecule has 1 heterocycles. The van der Waals surface area contributed by atoms with E-state index in [0.717, 1.165) is 18.4 Å². The van der Waals surface area contributed by atoms with Gasteiger partial charge in [0.2, 0.25) is 0 Å². The van der Waals surface area contributed by atoms with Crippen LogP contribution in [0.5, 0.6) is 0 Å². The molecular formula is C21H21NO5S. The Labute approximate surface area is 163 Å². The van der Waals surface area contributed by atoms with E-state index in [9.17, 15) is 18.0 Å². The normalized spacial score (nSPS) is 19.7. The van der Waals surface area contributed by atoms with Crippen molar-refractivity contribution in [1.82, 2.24) is 0 Å². The van der Waals surface area contributed by atoms with Crippen LogP contribution in [0.25, 0.3) is 0 Å². The molecule has 146 valence electrons. The van der Waals surface area contributed by atoms with Gasteiger partial charge in [0.25, 0.3) is 5.91 Å². The molecule has 2 aromatic rings. The number of carbonyl (C=O) groups is 2. The van der Waals surface area contributed by atoms with E-state index in [2.05, 4.69) is 5.32 Å². The average Bonchev–Trinajstić information content (AvgIpc) is 3.24. The van der Waals surface area contributed by atoms with Crippen molar-refractivity contribution in [2.75, 3.05) is 5.32 Å². The first kappa shape index (κ1) is 18.7. The fourth-order valence-corrected chi connectivity index (χ4v) is 5.74. The molecule has 0 aromatic heterocycles. The lowest BCUT2D eigenvalue weighted by atomic mass is 9.98. The topological polar surface area (TPSA) is 89.5 Å². The molecule has 1 aliphatic heterocycles. The van der Waals surface area contributed by atoms with E-state index in [1.807, 2.05) is 6.07 Å². The quantitative estimate of drug-likeness (QED) is 0.798. The summed E-state index contributed by atoms with van der Waals surface area (Å²) in [4.78, 5) is 24.9. The SMILES string of the molecule is O=C1O[C@H](C(=O)Nc2cccc(S(=O)(=O)C3CCCC3)c2)Cc2ccccc21. The van der Waals surface area contributed by atoms with E-state index in [4.69, 9.17) is 4.74 Å². The number of carbonyl (C=O) groups excluding carboxylic acids is 2. The van der Waals surface area contributed by atoms with E-state index in [1.165, 1.54) is 6.07 Å². The number of esters is 1. The molecule has 2 aliphatic rings. The number of rotatable bonds is 4. The van der Waals surface area contributed by atoms with Crippen LogP contribution in [0.2, 0.25) is 0 Å². The zero-order valence-electron chi connectivity index (χ0n) is 15.3. The molecule has 28 heavy (non-hydrogen) atoms. The molecule has 0 saturated heterocycles. The van der Waals surface area contributed by atoms with E-state index in [-0.39, 0.29) is 16.6 Å². The number of hydrogen-bond donors (Lipinski definition) is 1. The predicted octanol–water partition coefficient (Wildman–Crippen LogP) is 3.12. The number of nitrogens with one attached hydrogen (secondary N) is 1. The Morgan fingerprint density at radius 1 is 1.04 bits per heavy atom. The molecule has 1 N–H and O–H groups in total. The summed E-state index contributed by atoms with van der Waals surface area (Å²) in [5, 5.41) is 2.33. The second kappa shape index (κ2) is 7.39. The summed E-state index contributed by atoms with van der Waals surface area (Å²) in [6, 6.07) is 13.3. The largest absolute Gasteiger partial charge is 0.448 e. The maximum absolute atomic E-state index is 12.8. The highest BCUT2D eigenvalue weighted by atomic mass is 32.2. The van der Waals surface area contributed by atoms with Crippen LogP contribution >= 0.6 is 0 Å². The van der Waals surface area contributed by atoms with Crippen molar-refractivity contribution in [3.63, 3.8) is 0 Å². The maximum Gasteiger partial charge on any atom is 0.339 e. The van der Waals surface area contributed by atoms with Crippen molar-refractivity contribution in [1.29, 1.82) is 0 Å². The van der Waals surface area contributed by atoms with Gasteiger partial charge < -0.3 is 10.1 Å². The lowest BCUT2D eigenvalue weighted by Gasteiger charge is -2.23. The molecular weight excluding hydrogens is 378 g/mol. The number of benzene rings is 2. The summed E-state index contributed by atoms with van der Waals surface area (Å²) in [5.74, 6) is -1.00. The number of amides is 1. The Hall–Kier alpha value is -2.67. The first-order valence-electron chi connectivity index (χ1n) is 9.39. The van der Waals surface area contributed by atoms with Crippen LogP contribution in [-0.4, -0.2) is 31.6 Å². The molecule has 0 bridgehead atoms. The zero-order valence-corrected chi connectivity index (χ0v) is 16.1. The van der Waals surface area contributed by atoms with Crippen molar-refractivity contribution < 1.29 is 22.7 Å². The van der Waals surface area contributed by atoms with E-state index < -0.39 is 27.8 Å². The van der Waals surface area contributed by atoms with E-state index in [0.29, 0.717) is 24.1 Å². The highest BCUT2D eigenvalue weighted by Crippen LogP contribution is 2.30. The molecule has 1 saturated carbocycles. The molecule has 0 spiro atoms. The monoisotopic (exact) mass is 399 g/mol. The second-order valence-electron chi connectivity index (χ2n) is 7.22. The standard InChI is InChI=1S/C21H21NO5S/c23-20(19-12-14-6-1-4-11-18(14)21(24)27-19)22-15-7-5-10-17(13-15)28(25,26)16-8-2-3-9-16/h1,4-7,10-11,13,16,19H,2-3,8-9,12H2,(H,22,23)/t19-/m0/s1. The smallest absolute Gasteiger partial charge is 0.339 e. The lowest BCUT2D eigenvalue weighted by molar-refractivity contribution is -0.125. The molecule has 1 fully saturated rings.